The predicted octanol–water partition coefficient (Wildman–Crippen LogP) is 1.05. The largest absolute Gasteiger partial charge is 0.332 e. The molecule has 8 heteroatoms. The van der Waals surface area contributed by atoms with Crippen molar-refractivity contribution in [2.24, 2.45) is 7.05 Å². The number of hydrogen-bond donors (Lipinski definition) is 2. The van der Waals surface area contributed by atoms with Gasteiger partial charge in [-0.25, -0.2) is 18.1 Å². The van der Waals surface area contributed by atoms with Crippen molar-refractivity contribution >= 4 is 10.0 Å². The van der Waals surface area contributed by atoms with Crippen LogP contribution in [0.5, 0.6) is 0 Å². The van der Waals surface area contributed by atoms with E-state index in [0.717, 1.165) is 11.3 Å². The van der Waals surface area contributed by atoms with Crippen LogP contribution in [0.15, 0.2) is 17.4 Å². The molecule has 0 amide bonds. The van der Waals surface area contributed by atoms with Gasteiger partial charge in [-0.2, -0.15) is 5.10 Å². The van der Waals surface area contributed by atoms with Gasteiger partial charge in [-0.05, 0) is 13.8 Å². The van der Waals surface area contributed by atoms with Crippen molar-refractivity contribution in [2.75, 3.05) is 0 Å². The molecule has 2 N–H and O–H groups in total. The first-order chi connectivity index (χ1) is 9.35. The maximum Gasteiger partial charge on any atom is 0.258 e. The lowest BCUT2D eigenvalue weighted by atomic mass is 10.1. The average Bonchev–Trinajstić information content (AvgIpc) is 2.98. The van der Waals surface area contributed by atoms with Gasteiger partial charge in [0.2, 0.25) is 0 Å². The van der Waals surface area contributed by atoms with E-state index in [1.807, 2.05) is 20.9 Å². The summed E-state index contributed by atoms with van der Waals surface area (Å²) in [5.74, 6) is 0.649. The summed E-state index contributed by atoms with van der Waals surface area (Å²) in [5, 5.41) is 4.20. The van der Waals surface area contributed by atoms with Crippen molar-refractivity contribution in [3.8, 4) is 0 Å². The number of H-pyrrole nitrogens is 1. The first-order valence-electron chi connectivity index (χ1n) is 6.40. The summed E-state index contributed by atoms with van der Waals surface area (Å²) in [6, 6.07) is -0.359. The van der Waals surface area contributed by atoms with Gasteiger partial charge in [-0.15, -0.1) is 0 Å². The van der Waals surface area contributed by atoms with Gasteiger partial charge >= 0.3 is 0 Å². The molecular weight excluding hydrogens is 278 g/mol. The SMILES string of the molecule is CCc1ncc(S(=O)(=O)NC(C)c2cnn(C)c2C)[nH]1. The molecule has 20 heavy (non-hydrogen) atoms. The normalized spacial score (nSPS) is 13.6. The lowest BCUT2D eigenvalue weighted by Crippen LogP contribution is -2.27. The number of aryl methyl sites for hydroxylation is 2. The van der Waals surface area contributed by atoms with Crippen LogP contribution in [-0.2, 0) is 23.5 Å². The summed E-state index contributed by atoms with van der Waals surface area (Å²) in [5.41, 5.74) is 1.78. The van der Waals surface area contributed by atoms with Gasteiger partial charge in [0, 0.05) is 30.8 Å². The fourth-order valence-electron chi connectivity index (χ4n) is 1.96. The van der Waals surface area contributed by atoms with E-state index in [1.165, 1.54) is 6.20 Å². The standard InChI is InChI=1S/C12H19N5O2S/c1-5-11-13-7-12(15-11)20(18,19)16-8(2)10-6-14-17(4)9(10)3/h6-8,16H,5H2,1-4H3,(H,13,15). The molecule has 0 spiro atoms. The number of nitrogens with one attached hydrogen (secondary N) is 2. The van der Waals surface area contributed by atoms with Crippen molar-refractivity contribution in [3.63, 3.8) is 0 Å². The van der Waals surface area contributed by atoms with Gasteiger partial charge in [0.1, 0.15) is 5.82 Å². The lowest BCUT2D eigenvalue weighted by Gasteiger charge is -2.13. The number of sulfonamides is 1. The molecule has 0 bridgehead atoms. The van der Waals surface area contributed by atoms with Gasteiger partial charge in [0.25, 0.3) is 10.0 Å². The summed E-state index contributed by atoms with van der Waals surface area (Å²) < 4.78 is 28.8. The lowest BCUT2D eigenvalue weighted by molar-refractivity contribution is 0.562. The van der Waals surface area contributed by atoms with Gasteiger partial charge in [0.15, 0.2) is 5.03 Å². The highest BCUT2D eigenvalue weighted by molar-refractivity contribution is 7.89. The molecule has 2 aromatic rings. The quantitative estimate of drug-likeness (QED) is 0.863. The molecule has 0 aliphatic heterocycles. The van der Waals surface area contributed by atoms with E-state index in [2.05, 4.69) is 19.8 Å². The Morgan fingerprint density at radius 3 is 2.65 bits per heavy atom. The minimum atomic E-state index is -3.61. The van der Waals surface area contributed by atoms with Crippen LogP contribution in [-0.4, -0.2) is 28.2 Å². The Kier molecular flexibility index (Phi) is 3.96. The zero-order valence-corrected chi connectivity index (χ0v) is 12.8. The van der Waals surface area contributed by atoms with Crippen LogP contribution in [0.25, 0.3) is 0 Å². The van der Waals surface area contributed by atoms with Crippen molar-refractivity contribution < 1.29 is 8.42 Å². The first kappa shape index (κ1) is 14.7. The second-order valence-electron chi connectivity index (χ2n) is 4.70. The zero-order valence-electron chi connectivity index (χ0n) is 12.0. The number of hydrogen-bond acceptors (Lipinski definition) is 4. The Morgan fingerprint density at radius 2 is 2.15 bits per heavy atom. The van der Waals surface area contributed by atoms with Crippen molar-refractivity contribution in [2.45, 2.75) is 38.3 Å². The second-order valence-corrected chi connectivity index (χ2v) is 6.38. The van der Waals surface area contributed by atoms with Gasteiger partial charge in [-0.3, -0.25) is 4.68 Å². The van der Waals surface area contributed by atoms with E-state index in [4.69, 9.17) is 0 Å². The number of rotatable bonds is 5. The van der Waals surface area contributed by atoms with Crippen molar-refractivity contribution in [1.82, 2.24) is 24.5 Å². The third-order valence-electron chi connectivity index (χ3n) is 3.30. The predicted molar refractivity (Wildman–Crippen MR) is 74.6 cm³/mol. The number of aromatic amines is 1. The van der Waals surface area contributed by atoms with Crippen LogP contribution in [0.3, 0.4) is 0 Å². The van der Waals surface area contributed by atoms with Crippen molar-refractivity contribution in [3.05, 3.63) is 29.5 Å². The molecule has 0 aliphatic carbocycles. The fraction of sp³-hybridized carbons (Fsp3) is 0.500. The molecule has 110 valence electrons. The topological polar surface area (TPSA) is 92.7 Å². The molecule has 0 fully saturated rings. The summed E-state index contributed by atoms with van der Waals surface area (Å²) in [7, 11) is -1.79. The summed E-state index contributed by atoms with van der Waals surface area (Å²) in [6.07, 6.45) is 3.67. The Morgan fingerprint density at radius 1 is 1.45 bits per heavy atom. The summed E-state index contributed by atoms with van der Waals surface area (Å²) in [6.45, 7) is 5.60. The summed E-state index contributed by atoms with van der Waals surface area (Å²) in [4.78, 5) is 6.81. The Bertz CT molecular complexity index is 701. The number of aromatic nitrogens is 4. The molecule has 1 unspecified atom stereocenters. The van der Waals surface area contributed by atoms with E-state index < -0.39 is 10.0 Å². The maximum absolute atomic E-state index is 12.3. The van der Waals surface area contributed by atoms with Crippen LogP contribution in [0.1, 0.15) is 37.0 Å². The van der Waals surface area contributed by atoms with E-state index in [9.17, 15) is 8.42 Å². The highest BCUT2D eigenvalue weighted by Gasteiger charge is 2.22. The molecule has 2 heterocycles. The third kappa shape index (κ3) is 2.75. The molecule has 2 rings (SSSR count). The molecule has 7 nitrogen and oxygen atoms in total. The van der Waals surface area contributed by atoms with E-state index in [-0.39, 0.29) is 11.1 Å². The van der Waals surface area contributed by atoms with Gasteiger partial charge < -0.3 is 4.98 Å². The molecular formula is C12H19N5O2S. The number of imidazole rings is 1. The highest BCUT2D eigenvalue weighted by atomic mass is 32.2. The van der Waals surface area contributed by atoms with Crippen LogP contribution in [0.2, 0.25) is 0 Å². The van der Waals surface area contributed by atoms with Gasteiger partial charge in [0.05, 0.1) is 12.4 Å². The fourth-order valence-corrected chi connectivity index (χ4v) is 3.12. The zero-order chi connectivity index (χ0) is 14.9. The van der Waals surface area contributed by atoms with Gasteiger partial charge in [-0.1, -0.05) is 6.92 Å². The van der Waals surface area contributed by atoms with E-state index in [0.29, 0.717) is 12.2 Å². The van der Waals surface area contributed by atoms with Crippen LogP contribution in [0, 0.1) is 6.92 Å². The van der Waals surface area contributed by atoms with Crippen LogP contribution in [0.4, 0.5) is 0 Å². The average molecular weight is 297 g/mol. The highest BCUT2D eigenvalue weighted by Crippen LogP contribution is 2.18. The smallest absolute Gasteiger partial charge is 0.258 e. The minimum absolute atomic E-state index is 0.0859. The van der Waals surface area contributed by atoms with Crippen molar-refractivity contribution in [1.29, 1.82) is 0 Å². The third-order valence-corrected chi connectivity index (χ3v) is 4.75. The number of nitrogens with zero attached hydrogens (tertiary/aromatic N) is 3. The first-order valence-corrected chi connectivity index (χ1v) is 7.88. The Balaban J connectivity index is 2.22. The van der Waals surface area contributed by atoms with Crippen LogP contribution < -0.4 is 4.72 Å². The van der Waals surface area contributed by atoms with Crippen LogP contribution >= 0.6 is 0 Å². The Labute approximate surface area is 118 Å². The Hall–Kier alpha value is -1.67. The molecule has 0 saturated heterocycles. The summed E-state index contributed by atoms with van der Waals surface area (Å²) >= 11 is 0. The molecule has 0 radical (unpaired) electrons. The molecule has 0 aromatic carbocycles. The molecule has 2 aromatic heterocycles. The maximum atomic E-state index is 12.3. The minimum Gasteiger partial charge on any atom is -0.332 e. The van der Waals surface area contributed by atoms with E-state index >= 15 is 0 Å². The molecule has 0 saturated carbocycles. The molecule has 0 aliphatic rings. The monoisotopic (exact) mass is 297 g/mol. The van der Waals surface area contributed by atoms with E-state index in [1.54, 1.807) is 17.8 Å². The second kappa shape index (κ2) is 5.37. The molecule has 1 atom stereocenters.